The lowest BCUT2D eigenvalue weighted by atomic mass is 10.2. The molecule has 0 unspecified atom stereocenters. The molecule has 0 bridgehead atoms. The molecule has 0 saturated heterocycles. The van der Waals surface area contributed by atoms with Crippen LogP contribution in [0.4, 0.5) is 5.69 Å². The van der Waals surface area contributed by atoms with E-state index in [-0.39, 0.29) is 12.2 Å². The zero-order valence-electron chi connectivity index (χ0n) is 9.81. The van der Waals surface area contributed by atoms with Crippen LogP contribution in [0.15, 0.2) is 17.1 Å². The summed E-state index contributed by atoms with van der Waals surface area (Å²) in [6, 6.07) is 1.53. The monoisotopic (exact) mass is 225 g/mol. The molecule has 1 heterocycles. The van der Waals surface area contributed by atoms with E-state index in [1.165, 1.54) is 10.7 Å². The summed E-state index contributed by atoms with van der Waals surface area (Å²) in [5.74, 6) is 0.525. The predicted molar refractivity (Wildman–Crippen MR) is 63.5 cm³/mol. The van der Waals surface area contributed by atoms with Gasteiger partial charge in [0.1, 0.15) is 0 Å². The maximum atomic E-state index is 11.6. The van der Waals surface area contributed by atoms with Crippen LogP contribution in [0.25, 0.3) is 0 Å². The highest BCUT2D eigenvalue weighted by Gasteiger charge is 2.00. The van der Waals surface area contributed by atoms with Crippen molar-refractivity contribution in [2.45, 2.75) is 26.8 Å². The summed E-state index contributed by atoms with van der Waals surface area (Å²) >= 11 is 0. The Morgan fingerprint density at radius 3 is 2.88 bits per heavy atom. The number of aliphatic hydroxyl groups excluding tert-OH is 1. The topological polar surface area (TPSA) is 67.2 Å². The number of aromatic nitrogens is 2. The van der Waals surface area contributed by atoms with Gasteiger partial charge in [-0.15, -0.1) is 0 Å². The summed E-state index contributed by atoms with van der Waals surface area (Å²) < 4.78 is 1.36. The maximum Gasteiger partial charge on any atom is 0.268 e. The number of nitrogens with zero attached hydrogens (tertiary/aromatic N) is 2. The largest absolute Gasteiger partial charge is 0.396 e. The molecule has 0 aliphatic carbocycles. The normalized spacial score (nSPS) is 10.8. The average Bonchev–Trinajstić information content (AvgIpc) is 2.25. The molecule has 5 heteroatoms. The fourth-order valence-electron chi connectivity index (χ4n) is 1.24. The van der Waals surface area contributed by atoms with Crippen LogP contribution < -0.4 is 10.9 Å². The minimum Gasteiger partial charge on any atom is -0.396 e. The van der Waals surface area contributed by atoms with Gasteiger partial charge < -0.3 is 10.4 Å². The van der Waals surface area contributed by atoms with Gasteiger partial charge in [0.15, 0.2) is 0 Å². The second-order valence-corrected chi connectivity index (χ2v) is 4.16. The van der Waals surface area contributed by atoms with Gasteiger partial charge in [0, 0.05) is 25.8 Å². The second kappa shape index (κ2) is 6.27. The number of anilines is 1. The summed E-state index contributed by atoms with van der Waals surface area (Å²) in [4.78, 5) is 11.6. The van der Waals surface area contributed by atoms with Crippen molar-refractivity contribution in [3.05, 3.63) is 22.6 Å². The van der Waals surface area contributed by atoms with E-state index in [1.54, 1.807) is 6.20 Å². The standard InChI is InChI=1S/C11H19N3O2/c1-9(2)7-12-10-6-11(16)14(13-8-10)4-3-5-15/h6,8-9,12,15H,3-5,7H2,1-2H3. The molecular weight excluding hydrogens is 206 g/mol. The summed E-state index contributed by atoms with van der Waals surface area (Å²) in [5.41, 5.74) is 0.612. The van der Waals surface area contributed by atoms with E-state index in [2.05, 4.69) is 24.3 Å². The molecule has 0 saturated carbocycles. The van der Waals surface area contributed by atoms with Crippen LogP contribution in [0.2, 0.25) is 0 Å². The Kier molecular flexibility index (Phi) is 4.98. The van der Waals surface area contributed by atoms with E-state index in [0.717, 1.165) is 12.2 Å². The fraction of sp³-hybridized carbons (Fsp3) is 0.636. The third-order valence-corrected chi connectivity index (χ3v) is 2.11. The van der Waals surface area contributed by atoms with Crippen LogP contribution in [-0.4, -0.2) is 28.0 Å². The number of aryl methyl sites for hydroxylation is 1. The van der Waals surface area contributed by atoms with Crippen LogP contribution >= 0.6 is 0 Å². The third kappa shape index (κ3) is 4.02. The van der Waals surface area contributed by atoms with Crippen molar-refractivity contribution in [2.24, 2.45) is 5.92 Å². The zero-order chi connectivity index (χ0) is 12.0. The third-order valence-electron chi connectivity index (χ3n) is 2.11. The lowest BCUT2D eigenvalue weighted by Crippen LogP contribution is -2.23. The minimum absolute atomic E-state index is 0.0709. The molecule has 0 radical (unpaired) electrons. The van der Waals surface area contributed by atoms with Crippen molar-refractivity contribution in [1.29, 1.82) is 0 Å². The summed E-state index contributed by atoms with van der Waals surface area (Å²) in [5, 5.41) is 15.8. The van der Waals surface area contributed by atoms with E-state index in [4.69, 9.17) is 5.11 Å². The van der Waals surface area contributed by atoms with Crippen molar-refractivity contribution in [3.8, 4) is 0 Å². The van der Waals surface area contributed by atoms with Crippen LogP contribution in [0.5, 0.6) is 0 Å². The highest BCUT2D eigenvalue weighted by Crippen LogP contribution is 2.01. The Bertz CT molecular complexity index is 374. The van der Waals surface area contributed by atoms with Gasteiger partial charge in [-0.1, -0.05) is 13.8 Å². The van der Waals surface area contributed by atoms with Crippen LogP contribution in [0.3, 0.4) is 0 Å². The first-order valence-electron chi connectivity index (χ1n) is 5.55. The summed E-state index contributed by atoms with van der Waals surface area (Å²) in [7, 11) is 0. The minimum atomic E-state index is -0.137. The molecule has 1 rings (SSSR count). The first kappa shape index (κ1) is 12.7. The van der Waals surface area contributed by atoms with E-state index in [1.807, 2.05) is 0 Å². The van der Waals surface area contributed by atoms with Crippen LogP contribution in [0, 0.1) is 5.92 Å². The van der Waals surface area contributed by atoms with E-state index < -0.39 is 0 Å². The molecule has 0 atom stereocenters. The fourth-order valence-corrected chi connectivity index (χ4v) is 1.24. The Morgan fingerprint density at radius 2 is 2.31 bits per heavy atom. The van der Waals surface area contributed by atoms with Gasteiger partial charge in [0.05, 0.1) is 11.9 Å². The van der Waals surface area contributed by atoms with Crippen LogP contribution in [-0.2, 0) is 6.54 Å². The van der Waals surface area contributed by atoms with Gasteiger partial charge in [-0.2, -0.15) is 5.10 Å². The summed E-state index contributed by atoms with van der Waals surface area (Å²) in [6.07, 6.45) is 2.19. The molecule has 0 aromatic carbocycles. The smallest absolute Gasteiger partial charge is 0.268 e. The van der Waals surface area contributed by atoms with Gasteiger partial charge in [0.2, 0.25) is 0 Å². The highest BCUT2D eigenvalue weighted by atomic mass is 16.3. The van der Waals surface area contributed by atoms with E-state index in [9.17, 15) is 4.79 Å². The maximum absolute atomic E-state index is 11.6. The van der Waals surface area contributed by atoms with Crippen molar-refractivity contribution < 1.29 is 5.11 Å². The Morgan fingerprint density at radius 1 is 1.56 bits per heavy atom. The number of hydrogen-bond acceptors (Lipinski definition) is 4. The highest BCUT2D eigenvalue weighted by molar-refractivity contribution is 5.38. The molecule has 0 amide bonds. The van der Waals surface area contributed by atoms with Crippen LogP contribution in [0.1, 0.15) is 20.3 Å². The van der Waals surface area contributed by atoms with Crippen molar-refractivity contribution in [2.75, 3.05) is 18.5 Å². The molecular formula is C11H19N3O2. The lowest BCUT2D eigenvalue weighted by molar-refractivity contribution is 0.275. The number of hydrogen-bond donors (Lipinski definition) is 2. The Balaban J connectivity index is 2.63. The predicted octanol–water partition coefficient (Wildman–Crippen LogP) is 0.694. The molecule has 2 N–H and O–H groups in total. The summed E-state index contributed by atoms with van der Waals surface area (Å²) in [6.45, 7) is 5.55. The lowest BCUT2D eigenvalue weighted by Gasteiger charge is -2.09. The van der Waals surface area contributed by atoms with E-state index in [0.29, 0.717) is 18.9 Å². The molecule has 16 heavy (non-hydrogen) atoms. The van der Waals surface area contributed by atoms with Gasteiger partial charge in [-0.25, -0.2) is 4.68 Å². The molecule has 0 fully saturated rings. The van der Waals surface area contributed by atoms with Gasteiger partial charge in [-0.05, 0) is 12.3 Å². The van der Waals surface area contributed by atoms with Crippen molar-refractivity contribution in [1.82, 2.24) is 9.78 Å². The number of nitrogens with one attached hydrogen (secondary N) is 1. The van der Waals surface area contributed by atoms with Crippen molar-refractivity contribution in [3.63, 3.8) is 0 Å². The first-order valence-corrected chi connectivity index (χ1v) is 5.55. The number of rotatable bonds is 6. The second-order valence-electron chi connectivity index (χ2n) is 4.16. The molecule has 0 spiro atoms. The van der Waals surface area contributed by atoms with E-state index >= 15 is 0 Å². The van der Waals surface area contributed by atoms with Gasteiger partial charge in [-0.3, -0.25) is 4.79 Å². The zero-order valence-corrected chi connectivity index (χ0v) is 9.81. The molecule has 0 aliphatic heterocycles. The first-order chi connectivity index (χ1) is 7.63. The molecule has 90 valence electrons. The Labute approximate surface area is 95.1 Å². The number of aliphatic hydroxyl groups is 1. The quantitative estimate of drug-likeness (QED) is 0.747. The molecule has 1 aromatic heterocycles. The van der Waals surface area contributed by atoms with Gasteiger partial charge in [0.25, 0.3) is 5.56 Å². The molecule has 0 aliphatic rings. The molecule has 5 nitrogen and oxygen atoms in total. The SMILES string of the molecule is CC(C)CNc1cnn(CCCO)c(=O)c1. The average molecular weight is 225 g/mol. The Hall–Kier alpha value is -1.36. The van der Waals surface area contributed by atoms with Gasteiger partial charge >= 0.3 is 0 Å². The molecule has 1 aromatic rings. The van der Waals surface area contributed by atoms with Crippen molar-refractivity contribution >= 4 is 5.69 Å².